The molecule has 0 N–H and O–H groups in total. The Labute approximate surface area is 183 Å². The molecule has 0 spiro atoms. The van der Waals surface area contributed by atoms with Crippen molar-refractivity contribution in [2.24, 2.45) is 7.05 Å². The zero-order chi connectivity index (χ0) is 23.2. The number of hydrogen-bond donors (Lipinski definition) is 0. The van der Waals surface area contributed by atoms with Crippen molar-refractivity contribution in [1.82, 2.24) is 9.78 Å². The van der Waals surface area contributed by atoms with Crippen molar-refractivity contribution in [3.63, 3.8) is 0 Å². The standard InChI is InChI=1S/C24H27N3O4/c1-8-13-29-23(28)31-15-30-22(21-16(2)17(3)26-27(21)7)20(14-25)18-9-11-19(12-10-18)24(4,5)6/h1,9-12H,13,15H2,2-7H3/b22-20-. The van der Waals surface area contributed by atoms with E-state index in [9.17, 15) is 10.1 Å². The van der Waals surface area contributed by atoms with Crippen LogP contribution < -0.4 is 0 Å². The summed E-state index contributed by atoms with van der Waals surface area (Å²) in [6.45, 7) is 9.47. The van der Waals surface area contributed by atoms with Crippen LogP contribution in [0.3, 0.4) is 0 Å². The molecule has 0 unspecified atom stereocenters. The third-order valence-electron chi connectivity index (χ3n) is 4.77. The molecule has 2 rings (SSSR count). The average molecular weight is 421 g/mol. The molecule has 0 amide bonds. The lowest BCUT2D eigenvalue weighted by atomic mass is 9.86. The van der Waals surface area contributed by atoms with Crippen LogP contribution in [-0.2, 0) is 26.7 Å². The molecule has 1 aromatic carbocycles. The second kappa shape index (κ2) is 9.86. The van der Waals surface area contributed by atoms with Crippen LogP contribution in [0.25, 0.3) is 11.3 Å². The molecule has 0 aliphatic rings. The minimum absolute atomic E-state index is 0.0172. The van der Waals surface area contributed by atoms with Gasteiger partial charge in [0.1, 0.15) is 17.3 Å². The van der Waals surface area contributed by atoms with Crippen LogP contribution in [0.1, 0.15) is 48.8 Å². The molecule has 0 atom stereocenters. The summed E-state index contributed by atoms with van der Waals surface area (Å²) >= 11 is 0. The molecule has 2 aromatic rings. The van der Waals surface area contributed by atoms with E-state index in [1.807, 2.05) is 38.1 Å². The largest absolute Gasteiger partial charge is 0.512 e. The Morgan fingerprint density at radius 3 is 2.29 bits per heavy atom. The molecule has 7 nitrogen and oxygen atoms in total. The lowest BCUT2D eigenvalue weighted by Gasteiger charge is -2.19. The molecule has 0 fully saturated rings. The molecule has 162 valence electrons. The van der Waals surface area contributed by atoms with Gasteiger partial charge in [-0.05, 0) is 30.4 Å². The van der Waals surface area contributed by atoms with Gasteiger partial charge < -0.3 is 14.2 Å². The van der Waals surface area contributed by atoms with Gasteiger partial charge in [0.25, 0.3) is 0 Å². The number of nitriles is 1. The number of nitrogens with zero attached hydrogens (tertiary/aromatic N) is 3. The molecule has 0 saturated carbocycles. The zero-order valence-electron chi connectivity index (χ0n) is 18.8. The van der Waals surface area contributed by atoms with Gasteiger partial charge in [-0.25, -0.2) is 4.79 Å². The fraction of sp³-hybridized carbons (Fsp3) is 0.375. The van der Waals surface area contributed by atoms with Gasteiger partial charge in [-0.15, -0.1) is 6.42 Å². The van der Waals surface area contributed by atoms with Crippen molar-refractivity contribution < 1.29 is 19.0 Å². The highest BCUT2D eigenvalue weighted by Gasteiger charge is 2.22. The quantitative estimate of drug-likeness (QED) is 0.225. The van der Waals surface area contributed by atoms with Gasteiger partial charge in [-0.3, -0.25) is 4.68 Å². The van der Waals surface area contributed by atoms with E-state index >= 15 is 0 Å². The van der Waals surface area contributed by atoms with E-state index < -0.39 is 12.9 Å². The first-order valence-corrected chi connectivity index (χ1v) is 9.71. The summed E-state index contributed by atoms with van der Waals surface area (Å²) in [5.74, 6) is 2.44. The molecule has 1 aromatic heterocycles. The summed E-state index contributed by atoms with van der Waals surface area (Å²) in [4.78, 5) is 11.6. The van der Waals surface area contributed by atoms with E-state index in [4.69, 9.17) is 15.9 Å². The highest BCUT2D eigenvalue weighted by Crippen LogP contribution is 2.31. The van der Waals surface area contributed by atoms with Gasteiger partial charge in [0.15, 0.2) is 12.4 Å². The normalized spacial score (nSPS) is 11.7. The molecular weight excluding hydrogens is 394 g/mol. The van der Waals surface area contributed by atoms with Crippen LogP contribution in [0, 0.1) is 37.5 Å². The summed E-state index contributed by atoms with van der Waals surface area (Å²) in [6.07, 6.45) is 4.10. The van der Waals surface area contributed by atoms with Crippen LogP contribution in [0.15, 0.2) is 24.3 Å². The summed E-state index contributed by atoms with van der Waals surface area (Å²) in [7, 11) is 1.76. The second-order valence-electron chi connectivity index (χ2n) is 7.98. The maximum atomic E-state index is 11.6. The summed E-state index contributed by atoms with van der Waals surface area (Å²) in [5, 5.41) is 14.4. The first-order chi connectivity index (χ1) is 14.6. The number of ether oxygens (including phenoxy) is 3. The minimum Gasteiger partial charge on any atom is -0.454 e. The van der Waals surface area contributed by atoms with Gasteiger partial charge in [-0.1, -0.05) is 51.0 Å². The Morgan fingerprint density at radius 2 is 1.81 bits per heavy atom. The third kappa shape index (κ3) is 5.67. The molecular formula is C24H27N3O4. The van der Waals surface area contributed by atoms with E-state index in [1.165, 1.54) is 0 Å². The van der Waals surface area contributed by atoms with Gasteiger partial charge in [0, 0.05) is 12.6 Å². The molecule has 7 heteroatoms. The second-order valence-corrected chi connectivity index (χ2v) is 7.98. The lowest BCUT2D eigenvalue weighted by molar-refractivity contribution is -0.000840. The number of aryl methyl sites for hydroxylation is 2. The van der Waals surface area contributed by atoms with Gasteiger partial charge in [0.2, 0.25) is 6.79 Å². The monoisotopic (exact) mass is 421 g/mol. The van der Waals surface area contributed by atoms with Crippen LogP contribution >= 0.6 is 0 Å². The van der Waals surface area contributed by atoms with Crippen LogP contribution in [0.2, 0.25) is 0 Å². The van der Waals surface area contributed by atoms with Gasteiger partial charge in [-0.2, -0.15) is 10.4 Å². The van der Waals surface area contributed by atoms with Crippen LogP contribution in [-0.4, -0.2) is 29.3 Å². The highest BCUT2D eigenvalue weighted by atomic mass is 16.8. The van der Waals surface area contributed by atoms with Crippen molar-refractivity contribution in [3.8, 4) is 18.4 Å². The first kappa shape index (κ1) is 23.6. The number of allylic oxidation sites excluding steroid dienone is 1. The smallest absolute Gasteiger partial charge is 0.454 e. The Balaban J connectivity index is 2.48. The summed E-state index contributed by atoms with van der Waals surface area (Å²) in [6, 6.07) is 9.95. The van der Waals surface area contributed by atoms with Crippen molar-refractivity contribution >= 4 is 17.5 Å². The maximum absolute atomic E-state index is 11.6. The first-order valence-electron chi connectivity index (χ1n) is 9.71. The van der Waals surface area contributed by atoms with Crippen molar-refractivity contribution in [2.75, 3.05) is 13.4 Å². The topological polar surface area (TPSA) is 86.4 Å². The van der Waals surface area contributed by atoms with Crippen LogP contribution in [0.5, 0.6) is 0 Å². The van der Waals surface area contributed by atoms with Crippen LogP contribution in [0.4, 0.5) is 4.79 Å². The average Bonchev–Trinajstić information content (AvgIpc) is 2.97. The predicted molar refractivity (Wildman–Crippen MR) is 117 cm³/mol. The molecule has 0 radical (unpaired) electrons. The molecule has 1 heterocycles. The number of hydrogen-bond acceptors (Lipinski definition) is 6. The summed E-state index contributed by atoms with van der Waals surface area (Å²) < 4.78 is 17.0. The van der Waals surface area contributed by atoms with Crippen molar-refractivity contribution in [3.05, 3.63) is 52.3 Å². The van der Waals surface area contributed by atoms with E-state index in [2.05, 4.69) is 42.6 Å². The third-order valence-corrected chi connectivity index (χ3v) is 4.77. The Hall–Kier alpha value is -3.71. The van der Waals surface area contributed by atoms with Crippen molar-refractivity contribution in [1.29, 1.82) is 5.26 Å². The number of carbonyl (C=O) groups is 1. The predicted octanol–water partition coefficient (Wildman–Crippen LogP) is 4.49. The number of aromatic nitrogens is 2. The number of benzene rings is 1. The molecule has 0 saturated heterocycles. The summed E-state index contributed by atoms with van der Waals surface area (Å²) in [5.41, 5.74) is 4.37. The van der Waals surface area contributed by atoms with E-state index in [1.54, 1.807) is 11.7 Å². The Kier molecular flexibility index (Phi) is 7.50. The number of carbonyl (C=O) groups excluding carboxylic acids is 1. The molecule has 0 aliphatic heterocycles. The van der Waals surface area contributed by atoms with E-state index in [0.717, 1.165) is 16.8 Å². The number of terminal acetylenes is 1. The SMILES string of the molecule is C#CCOC(=O)OCO/C(=C(/C#N)c1ccc(C(C)(C)C)cc1)c1c(C)c(C)nn1C. The van der Waals surface area contributed by atoms with E-state index in [-0.39, 0.29) is 17.8 Å². The van der Waals surface area contributed by atoms with Gasteiger partial charge in [0.05, 0.1) is 5.69 Å². The molecule has 31 heavy (non-hydrogen) atoms. The van der Waals surface area contributed by atoms with E-state index in [0.29, 0.717) is 16.8 Å². The fourth-order valence-electron chi connectivity index (χ4n) is 3.00. The maximum Gasteiger partial charge on any atom is 0.512 e. The zero-order valence-corrected chi connectivity index (χ0v) is 18.8. The lowest BCUT2D eigenvalue weighted by Crippen LogP contribution is -2.12. The molecule has 0 bridgehead atoms. The van der Waals surface area contributed by atoms with Gasteiger partial charge >= 0.3 is 6.16 Å². The Morgan fingerprint density at radius 1 is 1.16 bits per heavy atom. The molecule has 0 aliphatic carbocycles. The Bertz CT molecular complexity index is 1060. The highest BCUT2D eigenvalue weighted by molar-refractivity contribution is 5.94. The minimum atomic E-state index is -0.955. The van der Waals surface area contributed by atoms with Crippen molar-refractivity contribution in [2.45, 2.75) is 40.0 Å². The fourth-order valence-corrected chi connectivity index (χ4v) is 3.00. The number of rotatable bonds is 6.